The highest BCUT2D eigenvalue weighted by Gasteiger charge is 2.14. The molecule has 0 aliphatic heterocycles. The van der Waals surface area contributed by atoms with E-state index in [-0.39, 0.29) is 5.41 Å². The highest BCUT2D eigenvalue weighted by atomic mass is 15.2. The summed E-state index contributed by atoms with van der Waals surface area (Å²) in [6, 6.07) is 0. The highest BCUT2D eigenvalue weighted by molar-refractivity contribution is 4.93. The van der Waals surface area contributed by atoms with Crippen LogP contribution in [-0.4, -0.2) is 15.2 Å². The monoisotopic (exact) mass is 195 g/mol. The van der Waals surface area contributed by atoms with Crippen molar-refractivity contribution >= 4 is 0 Å². The van der Waals surface area contributed by atoms with E-state index in [1.807, 2.05) is 0 Å². The molecule has 1 heterocycles. The standard InChI is InChI=1S/C11H21N3/c1-8(2)6-9-12-10(14-13-9)7-11(3,4)5/h8H,6-7H2,1-5H3,(H,12,13,14). The Kier molecular flexibility index (Phi) is 3.29. The first kappa shape index (κ1) is 11.2. The molecule has 0 aromatic carbocycles. The lowest BCUT2D eigenvalue weighted by molar-refractivity contribution is 0.401. The second-order valence-corrected chi connectivity index (χ2v) is 5.53. The van der Waals surface area contributed by atoms with Crippen LogP contribution in [0.3, 0.4) is 0 Å². The van der Waals surface area contributed by atoms with Crippen LogP contribution in [0.1, 0.15) is 46.3 Å². The van der Waals surface area contributed by atoms with Gasteiger partial charge in [-0.05, 0) is 11.3 Å². The summed E-state index contributed by atoms with van der Waals surface area (Å²) >= 11 is 0. The second-order valence-electron chi connectivity index (χ2n) is 5.53. The molecule has 1 rings (SSSR count). The number of H-pyrrole nitrogens is 1. The first-order valence-electron chi connectivity index (χ1n) is 5.27. The van der Waals surface area contributed by atoms with Gasteiger partial charge in [0.15, 0.2) is 5.82 Å². The molecule has 1 aromatic rings. The highest BCUT2D eigenvalue weighted by Crippen LogP contribution is 2.18. The summed E-state index contributed by atoms with van der Waals surface area (Å²) in [7, 11) is 0. The summed E-state index contributed by atoms with van der Waals surface area (Å²) in [5, 5.41) is 7.21. The fourth-order valence-electron chi connectivity index (χ4n) is 1.37. The van der Waals surface area contributed by atoms with Crippen molar-refractivity contribution in [1.29, 1.82) is 0 Å². The normalized spacial score (nSPS) is 12.4. The third-order valence-electron chi connectivity index (χ3n) is 1.87. The lowest BCUT2D eigenvalue weighted by Crippen LogP contribution is -2.10. The maximum absolute atomic E-state index is 4.47. The number of hydrogen-bond donors (Lipinski definition) is 1. The predicted molar refractivity (Wildman–Crippen MR) is 58.1 cm³/mol. The largest absolute Gasteiger partial charge is 0.263 e. The van der Waals surface area contributed by atoms with E-state index in [1.54, 1.807) is 0 Å². The molecule has 3 nitrogen and oxygen atoms in total. The maximum atomic E-state index is 4.47. The first-order valence-corrected chi connectivity index (χ1v) is 5.27. The molecule has 0 saturated heterocycles. The Hall–Kier alpha value is -0.860. The Morgan fingerprint density at radius 2 is 1.93 bits per heavy atom. The van der Waals surface area contributed by atoms with Gasteiger partial charge < -0.3 is 0 Å². The molecule has 0 fully saturated rings. The van der Waals surface area contributed by atoms with Crippen molar-refractivity contribution in [3.8, 4) is 0 Å². The van der Waals surface area contributed by atoms with E-state index in [0.717, 1.165) is 24.5 Å². The number of hydrogen-bond acceptors (Lipinski definition) is 2. The summed E-state index contributed by atoms with van der Waals surface area (Å²) in [6.07, 6.45) is 1.92. The molecule has 0 aliphatic carbocycles. The zero-order valence-electron chi connectivity index (χ0n) is 9.89. The van der Waals surface area contributed by atoms with Crippen molar-refractivity contribution in [2.45, 2.75) is 47.5 Å². The molecular formula is C11H21N3. The lowest BCUT2D eigenvalue weighted by Gasteiger charge is -2.15. The van der Waals surface area contributed by atoms with Crippen molar-refractivity contribution < 1.29 is 0 Å². The van der Waals surface area contributed by atoms with Gasteiger partial charge in [-0.15, -0.1) is 0 Å². The second kappa shape index (κ2) is 4.11. The smallest absolute Gasteiger partial charge is 0.150 e. The van der Waals surface area contributed by atoms with Gasteiger partial charge in [0, 0.05) is 12.8 Å². The summed E-state index contributed by atoms with van der Waals surface area (Å²) < 4.78 is 0. The van der Waals surface area contributed by atoms with Crippen LogP contribution < -0.4 is 0 Å². The minimum atomic E-state index is 0.272. The Morgan fingerprint density at radius 3 is 2.43 bits per heavy atom. The van der Waals surface area contributed by atoms with Crippen molar-refractivity contribution in [2.75, 3.05) is 0 Å². The average Bonchev–Trinajstić information content (AvgIpc) is 2.30. The Morgan fingerprint density at radius 1 is 1.29 bits per heavy atom. The molecule has 0 atom stereocenters. The number of nitrogens with one attached hydrogen (secondary N) is 1. The van der Waals surface area contributed by atoms with E-state index >= 15 is 0 Å². The molecule has 0 aliphatic rings. The van der Waals surface area contributed by atoms with Gasteiger partial charge in [-0.3, -0.25) is 5.10 Å². The van der Waals surface area contributed by atoms with Crippen LogP contribution in [0.15, 0.2) is 0 Å². The predicted octanol–water partition coefficient (Wildman–Crippen LogP) is 2.59. The Balaban J connectivity index is 2.60. The molecule has 0 saturated carbocycles. The lowest BCUT2D eigenvalue weighted by atomic mass is 9.92. The number of aromatic amines is 1. The average molecular weight is 195 g/mol. The molecule has 0 amide bonds. The fourth-order valence-corrected chi connectivity index (χ4v) is 1.37. The van der Waals surface area contributed by atoms with Crippen molar-refractivity contribution in [2.24, 2.45) is 11.3 Å². The van der Waals surface area contributed by atoms with Crippen molar-refractivity contribution in [3.63, 3.8) is 0 Å². The molecule has 0 unspecified atom stereocenters. The third kappa shape index (κ3) is 3.90. The van der Waals surface area contributed by atoms with E-state index in [0.29, 0.717) is 5.92 Å². The number of aromatic nitrogens is 3. The summed E-state index contributed by atoms with van der Waals surface area (Å²) in [5.74, 6) is 2.57. The van der Waals surface area contributed by atoms with Crippen LogP contribution in [0.25, 0.3) is 0 Å². The van der Waals surface area contributed by atoms with Gasteiger partial charge in [-0.1, -0.05) is 34.6 Å². The number of rotatable bonds is 3. The topological polar surface area (TPSA) is 41.6 Å². The Bertz CT molecular complexity index is 281. The quantitative estimate of drug-likeness (QED) is 0.805. The molecule has 0 radical (unpaired) electrons. The molecule has 3 heteroatoms. The SMILES string of the molecule is CC(C)Cc1n[nH]c(CC(C)(C)C)n1. The summed E-state index contributed by atoms with van der Waals surface area (Å²) in [4.78, 5) is 4.47. The van der Waals surface area contributed by atoms with E-state index in [9.17, 15) is 0 Å². The summed E-state index contributed by atoms with van der Waals surface area (Å²) in [6.45, 7) is 11.0. The minimum Gasteiger partial charge on any atom is -0.263 e. The van der Waals surface area contributed by atoms with Gasteiger partial charge in [0.1, 0.15) is 5.82 Å². The molecule has 0 bridgehead atoms. The van der Waals surface area contributed by atoms with Gasteiger partial charge in [0.25, 0.3) is 0 Å². The molecule has 80 valence electrons. The Labute approximate surface area is 86.3 Å². The third-order valence-corrected chi connectivity index (χ3v) is 1.87. The maximum Gasteiger partial charge on any atom is 0.150 e. The van der Waals surface area contributed by atoms with Crippen LogP contribution in [0.5, 0.6) is 0 Å². The van der Waals surface area contributed by atoms with Crippen LogP contribution in [0.2, 0.25) is 0 Å². The van der Waals surface area contributed by atoms with E-state index in [2.05, 4.69) is 49.8 Å². The minimum absolute atomic E-state index is 0.272. The summed E-state index contributed by atoms with van der Waals surface area (Å²) in [5.41, 5.74) is 0.272. The zero-order valence-corrected chi connectivity index (χ0v) is 9.89. The van der Waals surface area contributed by atoms with E-state index < -0.39 is 0 Å². The van der Waals surface area contributed by atoms with Gasteiger partial charge >= 0.3 is 0 Å². The van der Waals surface area contributed by atoms with Crippen LogP contribution in [0, 0.1) is 11.3 Å². The molecule has 14 heavy (non-hydrogen) atoms. The van der Waals surface area contributed by atoms with Gasteiger partial charge in [-0.25, -0.2) is 4.98 Å². The fraction of sp³-hybridized carbons (Fsp3) is 0.818. The first-order chi connectivity index (χ1) is 6.37. The molecule has 1 N–H and O–H groups in total. The van der Waals surface area contributed by atoms with Gasteiger partial charge in [0.05, 0.1) is 0 Å². The van der Waals surface area contributed by atoms with Gasteiger partial charge in [-0.2, -0.15) is 5.10 Å². The van der Waals surface area contributed by atoms with Crippen molar-refractivity contribution in [1.82, 2.24) is 15.2 Å². The molecule has 1 aromatic heterocycles. The van der Waals surface area contributed by atoms with E-state index in [1.165, 1.54) is 0 Å². The van der Waals surface area contributed by atoms with Crippen LogP contribution in [-0.2, 0) is 12.8 Å². The van der Waals surface area contributed by atoms with Crippen molar-refractivity contribution in [3.05, 3.63) is 11.6 Å². The van der Waals surface area contributed by atoms with Crippen LogP contribution >= 0.6 is 0 Å². The number of nitrogens with zero attached hydrogens (tertiary/aromatic N) is 2. The van der Waals surface area contributed by atoms with E-state index in [4.69, 9.17) is 0 Å². The zero-order chi connectivity index (χ0) is 10.8. The molecule has 0 spiro atoms. The van der Waals surface area contributed by atoms with Crippen LogP contribution in [0.4, 0.5) is 0 Å². The molecular weight excluding hydrogens is 174 g/mol. The van der Waals surface area contributed by atoms with Gasteiger partial charge in [0.2, 0.25) is 0 Å².